The predicted octanol–water partition coefficient (Wildman–Crippen LogP) is 4.43. The van der Waals surface area contributed by atoms with E-state index in [2.05, 4.69) is 66.2 Å². The Morgan fingerprint density at radius 2 is 1.33 bits per heavy atom. The van der Waals surface area contributed by atoms with Gasteiger partial charge in [0.1, 0.15) is 0 Å². The Morgan fingerprint density at radius 1 is 0.750 bits per heavy atom. The summed E-state index contributed by atoms with van der Waals surface area (Å²) >= 11 is 0. The number of amides is 2. The van der Waals surface area contributed by atoms with Crippen LogP contribution in [0, 0.1) is 5.92 Å². The molecule has 0 unspecified atom stereocenters. The van der Waals surface area contributed by atoms with Crippen LogP contribution < -0.4 is 21.7 Å². The Hall–Kier alpha value is -2.70. The maximum Gasteiger partial charge on any atom is 0.237 e. The molecule has 2 atom stereocenters. The lowest BCUT2D eigenvalue weighted by molar-refractivity contribution is -0.123. The van der Waals surface area contributed by atoms with E-state index in [1.54, 1.807) is 0 Å². The minimum Gasteiger partial charge on any atom is -0.355 e. The monoisotopic (exact) mass is 494 g/mol. The summed E-state index contributed by atoms with van der Waals surface area (Å²) < 4.78 is 0. The number of aryl methyl sites for hydroxylation is 1. The summed E-state index contributed by atoms with van der Waals surface area (Å²) in [7, 11) is 0. The van der Waals surface area contributed by atoms with Gasteiger partial charge in [-0.05, 0) is 61.1 Å². The van der Waals surface area contributed by atoms with E-state index in [-0.39, 0.29) is 23.9 Å². The van der Waals surface area contributed by atoms with E-state index in [0.29, 0.717) is 38.3 Å². The summed E-state index contributed by atoms with van der Waals surface area (Å²) in [5.41, 5.74) is 9.63. The van der Waals surface area contributed by atoms with Crippen molar-refractivity contribution in [1.82, 2.24) is 16.0 Å². The minimum atomic E-state index is -0.538. The lowest BCUT2D eigenvalue weighted by atomic mass is 10.00. The highest BCUT2D eigenvalue weighted by Crippen LogP contribution is 2.20. The molecule has 198 valence electrons. The zero-order valence-electron chi connectivity index (χ0n) is 22.6. The van der Waals surface area contributed by atoms with E-state index >= 15 is 0 Å². The largest absolute Gasteiger partial charge is 0.355 e. The van der Waals surface area contributed by atoms with E-state index in [9.17, 15) is 9.59 Å². The number of carbonyl (C=O) groups is 2. The van der Waals surface area contributed by atoms with E-state index in [1.165, 1.54) is 16.7 Å². The first-order valence-electron chi connectivity index (χ1n) is 13.5. The zero-order valence-corrected chi connectivity index (χ0v) is 22.6. The Labute approximate surface area is 217 Å². The average Bonchev–Trinajstić information content (AvgIpc) is 2.87. The van der Waals surface area contributed by atoms with Gasteiger partial charge in [-0.3, -0.25) is 9.59 Å². The van der Waals surface area contributed by atoms with Gasteiger partial charge in [0.25, 0.3) is 0 Å². The third-order valence-electron chi connectivity index (χ3n) is 6.22. The van der Waals surface area contributed by atoms with Crippen LogP contribution in [0.4, 0.5) is 0 Å². The molecule has 2 rings (SSSR count). The molecule has 0 saturated carbocycles. The Kier molecular flexibility index (Phi) is 13.2. The van der Waals surface area contributed by atoms with Gasteiger partial charge in [-0.25, -0.2) is 0 Å². The molecule has 6 nitrogen and oxygen atoms in total. The predicted molar refractivity (Wildman–Crippen MR) is 150 cm³/mol. The van der Waals surface area contributed by atoms with E-state index < -0.39 is 6.04 Å². The SMILES string of the molecule is CC(C)CCCNC(=O)[C@H](N)CCCNC(=O)[C@@H](CCc1ccc(-c2ccccc2)cc1)NC(C)C. The van der Waals surface area contributed by atoms with Gasteiger partial charge in [-0.15, -0.1) is 0 Å². The van der Waals surface area contributed by atoms with Crippen molar-refractivity contribution in [1.29, 1.82) is 0 Å². The number of nitrogens with one attached hydrogen (secondary N) is 3. The number of carbonyl (C=O) groups excluding carboxylic acids is 2. The van der Waals surface area contributed by atoms with Gasteiger partial charge in [-0.1, -0.05) is 82.3 Å². The smallest absolute Gasteiger partial charge is 0.237 e. The summed E-state index contributed by atoms with van der Waals surface area (Å²) in [5.74, 6) is 0.521. The lowest BCUT2D eigenvalue weighted by Gasteiger charge is -2.21. The molecular weight excluding hydrogens is 448 g/mol. The molecule has 6 heteroatoms. The molecular formula is C30H46N4O2. The van der Waals surface area contributed by atoms with Crippen LogP contribution in [-0.2, 0) is 16.0 Å². The maximum absolute atomic E-state index is 12.9. The lowest BCUT2D eigenvalue weighted by Crippen LogP contribution is -2.47. The molecule has 0 aliphatic heterocycles. The second-order valence-electron chi connectivity index (χ2n) is 10.3. The van der Waals surface area contributed by atoms with Gasteiger partial charge in [0.05, 0.1) is 12.1 Å². The van der Waals surface area contributed by atoms with Gasteiger partial charge in [-0.2, -0.15) is 0 Å². The van der Waals surface area contributed by atoms with Gasteiger partial charge in [0, 0.05) is 19.1 Å². The van der Waals surface area contributed by atoms with E-state index in [4.69, 9.17) is 5.73 Å². The molecule has 2 amide bonds. The third-order valence-corrected chi connectivity index (χ3v) is 6.22. The van der Waals surface area contributed by atoms with Crippen molar-refractivity contribution >= 4 is 11.8 Å². The van der Waals surface area contributed by atoms with Crippen LogP contribution >= 0.6 is 0 Å². The molecule has 36 heavy (non-hydrogen) atoms. The zero-order chi connectivity index (χ0) is 26.3. The van der Waals surface area contributed by atoms with Gasteiger partial charge in [0.15, 0.2) is 0 Å². The number of benzene rings is 2. The average molecular weight is 495 g/mol. The molecule has 5 N–H and O–H groups in total. The normalized spacial score (nSPS) is 13.0. The fourth-order valence-corrected chi connectivity index (χ4v) is 4.14. The van der Waals surface area contributed by atoms with Crippen molar-refractivity contribution < 1.29 is 9.59 Å². The molecule has 0 aliphatic rings. The first kappa shape index (κ1) is 29.5. The van der Waals surface area contributed by atoms with Gasteiger partial charge < -0.3 is 21.7 Å². The molecule has 2 aromatic rings. The summed E-state index contributed by atoms with van der Waals surface area (Å²) in [6.07, 6.45) is 4.80. The van der Waals surface area contributed by atoms with E-state index in [1.807, 2.05) is 32.0 Å². The topological polar surface area (TPSA) is 96.2 Å². The molecule has 0 bridgehead atoms. The molecule has 0 aliphatic carbocycles. The van der Waals surface area contributed by atoms with E-state index in [0.717, 1.165) is 19.3 Å². The quantitative estimate of drug-likeness (QED) is 0.260. The first-order chi connectivity index (χ1) is 17.3. The minimum absolute atomic E-state index is 0.00341. The maximum atomic E-state index is 12.9. The number of rotatable bonds is 16. The second kappa shape index (κ2) is 16.1. The van der Waals surface area contributed by atoms with Crippen LogP contribution in [0.15, 0.2) is 54.6 Å². The van der Waals surface area contributed by atoms with Crippen LogP contribution in [0.5, 0.6) is 0 Å². The Morgan fingerprint density at radius 3 is 1.94 bits per heavy atom. The van der Waals surface area contributed by atoms with Crippen molar-refractivity contribution in [3.05, 3.63) is 60.2 Å². The fourth-order valence-electron chi connectivity index (χ4n) is 4.14. The van der Waals surface area contributed by atoms with Crippen LogP contribution in [0.1, 0.15) is 65.4 Å². The second-order valence-corrected chi connectivity index (χ2v) is 10.3. The van der Waals surface area contributed by atoms with Crippen LogP contribution in [0.25, 0.3) is 11.1 Å². The molecule has 0 aromatic heterocycles. The Balaban J connectivity index is 1.74. The number of nitrogens with two attached hydrogens (primary N) is 1. The highest BCUT2D eigenvalue weighted by Gasteiger charge is 2.19. The molecule has 0 radical (unpaired) electrons. The highest BCUT2D eigenvalue weighted by atomic mass is 16.2. The molecule has 0 heterocycles. The van der Waals surface area contributed by atoms with Gasteiger partial charge >= 0.3 is 0 Å². The summed E-state index contributed by atoms with van der Waals surface area (Å²) in [4.78, 5) is 25.0. The molecule has 2 aromatic carbocycles. The molecule has 0 saturated heterocycles. The van der Waals surface area contributed by atoms with Crippen molar-refractivity contribution in [3.63, 3.8) is 0 Å². The summed E-state index contributed by atoms with van der Waals surface area (Å²) in [6.45, 7) is 9.62. The molecule has 0 fully saturated rings. The summed E-state index contributed by atoms with van der Waals surface area (Å²) in [6, 6.07) is 18.3. The standard InChI is InChI=1S/C30H46N4O2/c1-22(2)10-8-20-32-29(35)27(31)13-9-21-33-30(36)28(34-23(3)4)19-16-24-14-17-26(18-15-24)25-11-6-5-7-12-25/h5-7,11-12,14-15,17-18,22-23,27-28,34H,8-10,13,16,19-21,31H2,1-4H3,(H,32,35)(H,33,36)/t27-,28-/m1/s1. The van der Waals surface area contributed by atoms with Crippen molar-refractivity contribution in [3.8, 4) is 11.1 Å². The first-order valence-corrected chi connectivity index (χ1v) is 13.5. The number of hydrogen-bond acceptors (Lipinski definition) is 4. The van der Waals surface area contributed by atoms with Crippen LogP contribution in [-0.4, -0.2) is 43.0 Å². The van der Waals surface area contributed by atoms with Crippen LogP contribution in [0.3, 0.4) is 0 Å². The number of hydrogen-bond donors (Lipinski definition) is 4. The van der Waals surface area contributed by atoms with Crippen molar-refractivity contribution in [2.45, 2.75) is 84.3 Å². The molecule has 0 spiro atoms. The highest BCUT2D eigenvalue weighted by molar-refractivity contribution is 5.82. The third kappa shape index (κ3) is 11.4. The van der Waals surface area contributed by atoms with Gasteiger partial charge in [0.2, 0.25) is 11.8 Å². The van der Waals surface area contributed by atoms with Crippen molar-refractivity contribution in [2.24, 2.45) is 11.7 Å². The fraction of sp³-hybridized carbons (Fsp3) is 0.533. The van der Waals surface area contributed by atoms with Crippen LogP contribution in [0.2, 0.25) is 0 Å². The van der Waals surface area contributed by atoms with Crippen molar-refractivity contribution in [2.75, 3.05) is 13.1 Å². The Bertz CT molecular complexity index is 897. The summed E-state index contributed by atoms with van der Waals surface area (Å²) in [5, 5.41) is 9.33.